The minimum Gasteiger partial charge on any atom is -0.468 e. The van der Waals surface area contributed by atoms with Gasteiger partial charge in [0, 0.05) is 33.8 Å². The number of nitrogens with zero attached hydrogens (tertiary/aromatic N) is 2. The molecule has 0 spiro atoms. The lowest BCUT2D eigenvalue weighted by Gasteiger charge is -2.47. The Hall–Kier alpha value is -4.70. The molecule has 3 nitrogen and oxygen atoms in total. The standard InChI is InChI=1S/C57H67BN2O/c1-34-16-23-48-39(28-34)50-51(61-48)58-44-32-42-43(57(14,15)27-26-56(42,12)13)33-45(44)59(38-21-22-40-41(31-38)55(10,11)25-24-54(40,8)9)46-29-36(53(5,6)7)30-47(49(46)58)60(50)37-19-17-35(18-20-37)52(2,3)4/h16-23,28-33H,24-27H2,1-15H3. The average Bonchev–Trinajstić information content (AvgIpc) is 3.55. The van der Waals surface area contributed by atoms with Crippen LogP contribution in [0.2, 0.25) is 0 Å². The number of hydrogen-bond acceptors (Lipinski definition) is 3. The van der Waals surface area contributed by atoms with E-state index in [4.69, 9.17) is 4.42 Å². The summed E-state index contributed by atoms with van der Waals surface area (Å²) in [4.78, 5) is 5.24. The molecule has 0 radical (unpaired) electrons. The van der Waals surface area contributed by atoms with Gasteiger partial charge in [0.05, 0.1) is 11.3 Å². The summed E-state index contributed by atoms with van der Waals surface area (Å²) in [6, 6.07) is 33.9. The minimum atomic E-state index is -0.103. The van der Waals surface area contributed by atoms with E-state index in [2.05, 4.69) is 199 Å². The van der Waals surface area contributed by atoms with E-state index in [0.717, 1.165) is 16.9 Å². The van der Waals surface area contributed by atoms with Crippen LogP contribution in [0.5, 0.6) is 0 Å². The first-order valence-corrected chi connectivity index (χ1v) is 23.1. The molecule has 6 aromatic rings. The Morgan fingerprint density at radius 1 is 0.508 bits per heavy atom. The fraction of sp³-hybridized carbons (Fsp3) is 0.439. The molecule has 61 heavy (non-hydrogen) atoms. The maximum Gasteiger partial charge on any atom is 0.297 e. The van der Waals surface area contributed by atoms with Gasteiger partial charge in [0.25, 0.3) is 6.71 Å². The van der Waals surface area contributed by atoms with Gasteiger partial charge < -0.3 is 14.2 Å². The molecule has 0 saturated heterocycles. The lowest BCUT2D eigenvalue weighted by atomic mass is 9.35. The number of hydrogen-bond donors (Lipinski definition) is 0. The van der Waals surface area contributed by atoms with E-state index < -0.39 is 0 Å². The molecular weight excluding hydrogens is 739 g/mol. The van der Waals surface area contributed by atoms with Gasteiger partial charge >= 0.3 is 0 Å². The smallest absolute Gasteiger partial charge is 0.297 e. The summed E-state index contributed by atoms with van der Waals surface area (Å²) in [5, 5.41) is 1.17. The van der Waals surface area contributed by atoms with Crippen LogP contribution in [-0.4, -0.2) is 6.71 Å². The first kappa shape index (κ1) is 40.4. The topological polar surface area (TPSA) is 19.6 Å². The van der Waals surface area contributed by atoms with Crippen molar-refractivity contribution in [3.05, 3.63) is 124 Å². The molecule has 314 valence electrons. The number of furan rings is 1. The number of benzene rings is 5. The highest BCUT2D eigenvalue weighted by Gasteiger charge is 2.50. The molecule has 3 heterocycles. The van der Waals surface area contributed by atoms with E-state index in [9.17, 15) is 0 Å². The number of anilines is 6. The van der Waals surface area contributed by atoms with Gasteiger partial charge in [-0.05, 0) is 164 Å². The van der Waals surface area contributed by atoms with Crippen LogP contribution < -0.4 is 26.4 Å². The fourth-order valence-electron chi connectivity index (χ4n) is 11.5. The van der Waals surface area contributed by atoms with Crippen molar-refractivity contribution in [2.45, 2.75) is 162 Å². The minimum absolute atomic E-state index is 0.0474. The van der Waals surface area contributed by atoms with E-state index >= 15 is 0 Å². The van der Waals surface area contributed by atoms with Crippen molar-refractivity contribution in [1.82, 2.24) is 0 Å². The molecule has 0 N–H and O–H groups in total. The van der Waals surface area contributed by atoms with Gasteiger partial charge in [0.2, 0.25) is 0 Å². The molecule has 10 rings (SSSR count). The summed E-state index contributed by atoms with van der Waals surface area (Å²) in [6.07, 6.45) is 4.71. The number of rotatable bonds is 2. The Morgan fingerprint density at radius 2 is 1.03 bits per heavy atom. The zero-order chi connectivity index (χ0) is 43.6. The Labute approximate surface area is 367 Å². The van der Waals surface area contributed by atoms with Crippen LogP contribution in [0, 0.1) is 6.92 Å². The van der Waals surface area contributed by atoms with Gasteiger partial charge in [-0.2, -0.15) is 0 Å². The summed E-state index contributed by atoms with van der Waals surface area (Å²) in [7, 11) is 0. The molecule has 4 heteroatoms. The molecule has 0 unspecified atom stereocenters. The molecule has 1 aromatic heterocycles. The zero-order valence-corrected chi connectivity index (χ0v) is 39.8. The summed E-state index contributed by atoms with van der Waals surface area (Å²) in [5.41, 5.74) is 22.2. The van der Waals surface area contributed by atoms with Crippen LogP contribution in [-0.2, 0) is 32.5 Å². The van der Waals surface area contributed by atoms with Crippen LogP contribution in [0.4, 0.5) is 34.1 Å². The Balaban J connectivity index is 1.36. The monoisotopic (exact) mass is 807 g/mol. The molecule has 0 amide bonds. The van der Waals surface area contributed by atoms with Crippen molar-refractivity contribution < 1.29 is 4.42 Å². The zero-order valence-electron chi connectivity index (χ0n) is 39.8. The van der Waals surface area contributed by atoms with Crippen LogP contribution in [0.15, 0.2) is 89.3 Å². The summed E-state index contributed by atoms with van der Waals surface area (Å²) in [5.74, 6) is 0. The van der Waals surface area contributed by atoms with Crippen molar-refractivity contribution >= 4 is 68.4 Å². The van der Waals surface area contributed by atoms with Gasteiger partial charge in [-0.3, -0.25) is 0 Å². The van der Waals surface area contributed by atoms with Crippen molar-refractivity contribution in [1.29, 1.82) is 0 Å². The largest absolute Gasteiger partial charge is 0.468 e. The summed E-state index contributed by atoms with van der Waals surface area (Å²) >= 11 is 0. The van der Waals surface area contributed by atoms with Crippen molar-refractivity contribution in [2.75, 3.05) is 9.80 Å². The van der Waals surface area contributed by atoms with Gasteiger partial charge in [-0.1, -0.05) is 133 Å². The van der Waals surface area contributed by atoms with Gasteiger partial charge in [-0.25, -0.2) is 0 Å². The molecule has 5 aromatic carbocycles. The van der Waals surface area contributed by atoms with Crippen LogP contribution in [0.25, 0.3) is 11.0 Å². The SMILES string of the molecule is Cc1ccc2oc3c(c2c1)N(c1ccc(C(C)(C)C)cc1)c1cc(C(C)(C)C)cc2c1B3c1cc3c(cc1N2c1ccc2c(c1)C(C)(C)CCC2(C)C)C(C)(C)CCC3(C)C. The van der Waals surface area contributed by atoms with Crippen LogP contribution in [0.1, 0.15) is 162 Å². The van der Waals surface area contributed by atoms with E-state index in [1.54, 1.807) is 0 Å². The quantitative estimate of drug-likeness (QED) is 0.162. The van der Waals surface area contributed by atoms with Crippen molar-refractivity contribution in [3.8, 4) is 0 Å². The summed E-state index contributed by atoms with van der Waals surface area (Å²) in [6.45, 7) is 35.8. The van der Waals surface area contributed by atoms with E-state index in [-0.39, 0.29) is 39.2 Å². The molecule has 2 aliphatic carbocycles. The highest BCUT2D eigenvalue weighted by Crippen LogP contribution is 2.54. The maximum absolute atomic E-state index is 7.32. The van der Waals surface area contributed by atoms with Crippen molar-refractivity contribution in [3.63, 3.8) is 0 Å². The molecule has 0 atom stereocenters. The lowest BCUT2D eigenvalue weighted by molar-refractivity contribution is 0.332. The second-order valence-corrected chi connectivity index (χ2v) is 24.1. The number of aryl methyl sites for hydroxylation is 1. The van der Waals surface area contributed by atoms with E-state index in [0.29, 0.717) is 0 Å². The fourth-order valence-corrected chi connectivity index (χ4v) is 11.5. The molecule has 4 aliphatic rings. The highest BCUT2D eigenvalue weighted by atomic mass is 16.3. The van der Waals surface area contributed by atoms with Gasteiger partial charge in [0.1, 0.15) is 5.58 Å². The molecule has 0 bridgehead atoms. The molecule has 0 fully saturated rings. The third-order valence-corrected chi connectivity index (χ3v) is 15.7. The Bertz CT molecular complexity index is 2800. The van der Waals surface area contributed by atoms with E-state index in [1.165, 1.54) is 109 Å². The molecule has 0 saturated carbocycles. The maximum atomic E-state index is 7.32. The third-order valence-electron chi connectivity index (χ3n) is 15.7. The first-order valence-electron chi connectivity index (χ1n) is 23.1. The predicted molar refractivity (Wildman–Crippen MR) is 263 cm³/mol. The second-order valence-electron chi connectivity index (χ2n) is 24.1. The molecule has 2 aliphatic heterocycles. The van der Waals surface area contributed by atoms with Gasteiger partial charge in [-0.15, -0.1) is 0 Å². The Kier molecular flexibility index (Phi) is 8.41. The van der Waals surface area contributed by atoms with Crippen LogP contribution >= 0.6 is 0 Å². The van der Waals surface area contributed by atoms with E-state index in [1.807, 2.05) is 0 Å². The summed E-state index contributed by atoms with van der Waals surface area (Å²) < 4.78 is 7.32. The Morgan fingerprint density at radius 3 is 1.62 bits per heavy atom. The van der Waals surface area contributed by atoms with Crippen molar-refractivity contribution in [2.24, 2.45) is 0 Å². The van der Waals surface area contributed by atoms with Gasteiger partial charge in [0.15, 0.2) is 0 Å². The predicted octanol–water partition coefficient (Wildman–Crippen LogP) is 14.1. The lowest BCUT2D eigenvalue weighted by Crippen LogP contribution is -2.61. The highest BCUT2D eigenvalue weighted by molar-refractivity contribution is 7.00. The third kappa shape index (κ3) is 6.04. The number of fused-ring (bicyclic) bond motifs is 8. The second kappa shape index (κ2) is 12.7. The average molecular weight is 807 g/mol. The first-order chi connectivity index (χ1) is 28.4. The molecular formula is C57H67BN2O. The van der Waals surface area contributed by atoms with Crippen LogP contribution in [0.3, 0.4) is 0 Å². The normalized spacial score (nSPS) is 19.2.